The van der Waals surface area contributed by atoms with Crippen molar-refractivity contribution in [2.45, 2.75) is 0 Å². The standard InChI is InChI=1S/C13H14N6/c1-18(2)13-15-12(16-17-13)10-4-6-11(7-5-10)19-9-3-8-14-19/h3-9H,1-2H3,(H,15,16,17). The van der Waals surface area contributed by atoms with E-state index in [9.17, 15) is 0 Å². The second-order valence-corrected chi connectivity index (χ2v) is 4.38. The zero-order valence-corrected chi connectivity index (χ0v) is 10.8. The molecule has 0 aliphatic rings. The van der Waals surface area contributed by atoms with Crippen molar-refractivity contribution in [1.82, 2.24) is 25.0 Å². The quantitative estimate of drug-likeness (QED) is 0.773. The molecule has 0 fully saturated rings. The summed E-state index contributed by atoms with van der Waals surface area (Å²) in [7, 11) is 3.82. The molecule has 0 aliphatic carbocycles. The number of hydrogen-bond donors (Lipinski definition) is 1. The molecule has 19 heavy (non-hydrogen) atoms. The van der Waals surface area contributed by atoms with Crippen LogP contribution in [0.25, 0.3) is 17.1 Å². The second kappa shape index (κ2) is 4.56. The van der Waals surface area contributed by atoms with Crippen molar-refractivity contribution in [2.24, 2.45) is 0 Å². The molecule has 0 saturated heterocycles. The first-order valence-electron chi connectivity index (χ1n) is 5.94. The predicted octanol–water partition coefficient (Wildman–Crippen LogP) is 1.72. The lowest BCUT2D eigenvalue weighted by Crippen LogP contribution is -2.10. The largest absolute Gasteiger partial charge is 0.346 e. The van der Waals surface area contributed by atoms with Gasteiger partial charge in [-0.2, -0.15) is 10.1 Å². The third-order valence-corrected chi connectivity index (χ3v) is 2.78. The average molecular weight is 254 g/mol. The van der Waals surface area contributed by atoms with Gasteiger partial charge < -0.3 is 4.90 Å². The summed E-state index contributed by atoms with van der Waals surface area (Å²) in [5.41, 5.74) is 2.01. The van der Waals surface area contributed by atoms with Gasteiger partial charge in [-0.3, -0.25) is 5.10 Å². The van der Waals surface area contributed by atoms with Crippen LogP contribution in [-0.4, -0.2) is 39.1 Å². The summed E-state index contributed by atoms with van der Waals surface area (Å²) in [6.07, 6.45) is 3.67. The molecule has 6 heteroatoms. The van der Waals surface area contributed by atoms with E-state index in [2.05, 4.69) is 20.3 Å². The van der Waals surface area contributed by atoms with Crippen LogP contribution in [-0.2, 0) is 0 Å². The maximum Gasteiger partial charge on any atom is 0.244 e. The van der Waals surface area contributed by atoms with Gasteiger partial charge in [0.25, 0.3) is 0 Å². The van der Waals surface area contributed by atoms with Gasteiger partial charge in [-0.25, -0.2) is 4.68 Å². The Kier molecular flexibility index (Phi) is 2.75. The van der Waals surface area contributed by atoms with Gasteiger partial charge >= 0.3 is 0 Å². The molecule has 3 rings (SSSR count). The Morgan fingerprint density at radius 1 is 1.16 bits per heavy atom. The van der Waals surface area contributed by atoms with Gasteiger partial charge in [-0.1, -0.05) is 0 Å². The van der Waals surface area contributed by atoms with Gasteiger partial charge in [-0.05, 0) is 30.3 Å². The minimum atomic E-state index is 0.672. The number of anilines is 1. The van der Waals surface area contributed by atoms with E-state index in [1.807, 2.05) is 60.2 Å². The number of hydrogen-bond acceptors (Lipinski definition) is 4. The van der Waals surface area contributed by atoms with Crippen LogP contribution in [0.15, 0.2) is 42.7 Å². The molecule has 0 saturated carbocycles. The Labute approximate surface area is 110 Å². The molecule has 0 bridgehead atoms. The van der Waals surface area contributed by atoms with Gasteiger partial charge in [0.2, 0.25) is 5.95 Å². The normalized spacial score (nSPS) is 10.6. The fourth-order valence-corrected chi connectivity index (χ4v) is 1.78. The van der Waals surface area contributed by atoms with Crippen LogP contribution in [0.2, 0.25) is 0 Å². The van der Waals surface area contributed by atoms with E-state index in [-0.39, 0.29) is 0 Å². The molecule has 0 amide bonds. The van der Waals surface area contributed by atoms with Crippen molar-refractivity contribution < 1.29 is 0 Å². The first kappa shape index (κ1) is 11.5. The lowest BCUT2D eigenvalue weighted by Gasteiger charge is -2.04. The highest BCUT2D eigenvalue weighted by atomic mass is 15.3. The summed E-state index contributed by atoms with van der Waals surface area (Å²) in [6.45, 7) is 0. The van der Waals surface area contributed by atoms with Crippen molar-refractivity contribution in [3.05, 3.63) is 42.7 Å². The van der Waals surface area contributed by atoms with Gasteiger partial charge in [0.15, 0.2) is 5.82 Å². The summed E-state index contributed by atoms with van der Waals surface area (Å²) in [4.78, 5) is 6.27. The number of aromatic amines is 1. The van der Waals surface area contributed by atoms with E-state index in [1.54, 1.807) is 6.20 Å². The third kappa shape index (κ3) is 2.20. The highest BCUT2D eigenvalue weighted by molar-refractivity contribution is 5.58. The number of rotatable bonds is 3. The molecule has 3 aromatic rings. The minimum Gasteiger partial charge on any atom is -0.346 e. The Hall–Kier alpha value is -2.63. The molecule has 1 aromatic carbocycles. The smallest absolute Gasteiger partial charge is 0.244 e. The molecule has 2 heterocycles. The van der Waals surface area contributed by atoms with Crippen molar-refractivity contribution >= 4 is 5.95 Å². The summed E-state index contributed by atoms with van der Waals surface area (Å²) in [5.74, 6) is 1.43. The molecule has 0 radical (unpaired) electrons. The molecular formula is C13H14N6. The summed E-state index contributed by atoms with van der Waals surface area (Å²) in [5, 5.41) is 11.3. The molecule has 0 unspecified atom stereocenters. The molecule has 6 nitrogen and oxygen atoms in total. The van der Waals surface area contributed by atoms with E-state index in [4.69, 9.17) is 0 Å². The SMILES string of the molecule is CN(C)c1n[nH]c(-c2ccc(-n3cccn3)cc2)n1. The molecule has 2 aromatic heterocycles. The van der Waals surface area contributed by atoms with Gasteiger partial charge in [0, 0.05) is 32.1 Å². The van der Waals surface area contributed by atoms with E-state index in [1.165, 1.54) is 0 Å². The molecule has 0 spiro atoms. The molecule has 0 aliphatic heterocycles. The maximum atomic E-state index is 4.41. The molecule has 0 atom stereocenters. The molecular weight excluding hydrogens is 240 g/mol. The number of aromatic nitrogens is 5. The Balaban J connectivity index is 1.89. The minimum absolute atomic E-state index is 0.672. The fourth-order valence-electron chi connectivity index (χ4n) is 1.78. The van der Waals surface area contributed by atoms with Crippen LogP contribution in [0.3, 0.4) is 0 Å². The van der Waals surface area contributed by atoms with E-state index < -0.39 is 0 Å². The van der Waals surface area contributed by atoms with Crippen LogP contribution in [0, 0.1) is 0 Å². The predicted molar refractivity (Wildman–Crippen MR) is 73.3 cm³/mol. The van der Waals surface area contributed by atoms with Crippen molar-refractivity contribution in [1.29, 1.82) is 0 Å². The van der Waals surface area contributed by atoms with E-state index in [0.717, 1.165) is 17.1 Å². The second-order valence-electron chi connectivity index (χ2n) is 4.38. The number of nitrogens with one attached hydrogen (secondary N) is 1. The number of H-pyrrole nitrogens is 1. The average Bonchev–Trinajstić information content (AvgIpc) is 3.11. The number of benzene rings is 1. The van der Waals surface area contributed by atoms with Crippen LogP contribution < -0.4 is 4.90 Å². The van der Waals surface area contributed by atoms with Gasteiger partial charge in [0.05, 0.1) is 5.69 Å². The highest BCUT2D eigenvalue weighted by Gasteiger charge is 2.07. The van der Waals surface area contributed by atoms with Crippen LogP contribution in [0.1, 0.15) is 0 Å². The zero-order chi connectivity index (χ0) is 13.2. The Morgan fingerprint density at radius 3 is 2.53 bits per heavy atom. The monoisotopic (exact) mass is 254 g/mol. The Morgan fingerprint density at radius 2 is 1.95 bits per heavy atom. The van der Waals surface area contributed by atoms with Crippen LogP contribution in [0.4, 0.5) is 5.95 Å². The van der Waals surface area contributed by atoms with Crippen molar-refractivity contribution in [3.8, 4) is 17.1 Å². The highest BCUT2D eigenvalue weighted by Crippen LogP contribution is 2.18. The number of nitrogens with zero attached hydrogens (tertiary/aromatic N) is 5. The van der Waals surface area contributed by atoms with Crippen LogP contribution >= 0.6 is 0 Å². The summed E-state index contributed by atoms with van der Waals surface area (Å²) in [6, 6.07) is 9.89. The first-order valence-corrected chi connectivity index (χ1v) is 5.94. The molecule has 1 N–H and O–H groups in total. The van der Waals surface area contributed by atoms with Crippen LogP contribution in [0.5, 0.6) is 0 Å². The third-order valence-electron chi connectivity index (χ3n) is 2.78. The topological polar surface area (TPSA) is 62.6 Å². The first-order chi connectivity index (χ1) is 9.24. The van der Waals surface area contributed by atoms with Crippen molar-refractivity contribution in [3.63, 3.8) is 0 Å². The van der Waals surface area contributed by atoms with E-state index in [0.29, 0.717) is 5.95 Å². The zero-order valence-electron chi connectivity index (χ0n) is 10.8. The summed E-state index contributed by atoms with van der Waals surface area (Å²) >= 11 is 0. The maximum absolute atomic E-state index is 4.41. The fraction of sp³-hybridized carbons (Fsp3) is 0.154. The van der Waals surface area contributed by atoms with Gasteiger partial charge in [-0.15, -0.1) is 5.10 Å². The Bertz CT molecular complexity index is 651. The lowest BCUT2D eigenvalue weighted by atomic mass is 10.2. The van der Waals surface area contributed by atoms with E-state index >= 15 is 0 Å². The lowest BCUT2D eigenvalue weighted by molar-refractivity contribution is 0.880. The van der Waals surface area contributed by atoms with Crippen molar-refractivity contribution in [2.75, 3.05) is 19.0 Å². The molecule has 96 valence electrons. The van der Waals surface area contributed by atoms with Gasteiger partial charge in [0.1, 0.15) is 0 Å². The summed E-state index contributed by atoms with van der Waals surface area (Å²) < 4.78 is 1.81.